The third kappa shape index (κ3) is 4.78. The maximum atomic E-state index is 11.4. The molecule has 0 spiro atoms. The third-order valence-corrected chi connectivity index (χ3v) is 5.70. The Morgan fingerprint density at radius 3 is 2.73 bits per heavy atom. The van der Waals surface area contributed by atoms with Gasteiger partial charge in [0.25, 0.3) is 0 Å². The van der Waals surface area contributed by atoms with Gasteiger partial charge in [0.1, 0.15) is 23.5 Å². The van der Waals surface area contributed by atoms with Crippen LogP contribution in [0.1, 0.15) is 28.5 Å². The maximum Gasteiger partial charge on any atom is 0.339 e. The second-order valence-electron chi connectivity index (χ2n) is 7.79. The van der Waals surface area contributed by atoms with Gasteiger partial charge in [0.2, 0.25) is 0 Å². The molecule has 0 aliphatic heterocycles. The number of carboxylic acid groups (broad SMARTS) is 1. The Morgan fingerprint density at radius 2 is 1.97 bits per heavy atom. The highest BCUT2D eigenvalue weighted by Gasteiger charge is 2.14. The number of halogens is 1. The molecule has 2 N–H and O–H groups in total. The minimum Gasteiger partial charge on any atom is -0.493 e. The fourth-order valence-corrected chi connectivity index (χ4v) is 4.35. The van der Waals surface area contributed by atoms with E-state index < -0.39 is 5.97 Å². The molecule has 33 heavy (non-hydrogen) atoms. The quantitative estimate of drug-likeness (QED) is 0.354. The number of hydrogen-bond acceptors (Lipinski definition) is 5. The molecular formula is C25H25ClN4O3. The second kappa shape index (κ2) is 9.50. The molecule has 0 atom stereocenters. The van der Waals surface area contributed by atoms with E-state index in [9.17, 15) is 9.90 Å². The van der Waals surface area contributed by atoms with Gasteiger partial charge in [0.05, 0.1) is 22.8 Å². The highest BCUT2D eigenvalue weighted by molar-refractivity contribution is 6.35. The zero-order valence-electron chi connectivity index (χ0n) is 18.7. The maximum absolute atomic E-state index is 11.4. The monoisotopic (exact) mass is 464 g/mol. The zero-order valence-corrected chi connectivity index (χ0v) is 19.5. The van der Waals surface area contributed by atoms with Gasteiger partial charge in [0, 0.05) is 35.8 Å². The second-order valence-corrected chi connectivity index (χ2v) is 8.19. The summed E-state index contributed by atoms with van der Waals surface area (Å²) in [7, 11) is 0. The van der Waals surface area contributed by atoms with Crippen LogP contribution in [0.2, 0.25) is 5.02 Å². The summed E-state index contributed by atoms with van der Waals surface area (Å²) in [5.41, 5.74) is 4.86. The normalized spacial score (nSPS) is 11.0. The SMILES string of the molecule is CCOc1cc(-c2cc(NCCn3c(C)cc4cc(C)cc(Cl)c43)ncn2)ccc1C(=O)O. The Labute approximate surface area is 197 Å². The molecule has 0 radical (unpaired) electrons. The van der Waals surface area contributed by atoms with E-state index in [1.54, 1.807) is 12.1 Å². The Morgan fingerprint density at radius 1 is 1.15 bits per heavy atom. The van der Waals surface area contributed by atoms with E-state index in [1.807, 2.05) is 26.0 Å². The molecule has 0 fully saturated rings. The van der Waals surface area contributed by atoms with Crippen molar-refractivity contribution in [2.75, 3.05) is 18.5 Å². The highest BCUT2D eigenvalue weighted by Crippen LogP contribution is 2.29. The number of carbonyl (C=O) groups is 1. The van der Waals surface area contributed by atoms with Crippen LogP contribution in [0.4, 0.5) is 5.82 Å². The Balaban J connectivity index is 1.52. The first-order valence-electron chi connectivity index (χ1n) is 10.7. The number of anilines is 1. The topological polar surface area (TPSA) is 89.3 Å². The van der Waals surface area contributed by atoms with Gasteiger partial charge in [-0.25, -0.2) is 14.8 Å². The van der Waals surface area contributed by atoms with Gasteiger partial charge in [-0.05, 0) is 56.7 Å². The van der Waals surface area contributed by atoms with Gasteiger partial charge >= 0.3 is 5.97 Å². The lowest BCUT2D eigenvalue weighted by molar-refractivity contribution is 0.0692. The summed E-state index contributed by atoms with van der Waals surface area (Å²) >= 11 is 6.52. The molecule has 0 saturated carbocycles. The van der Waals surface area contributed by atoms with Crippen molar-refractivity contribution in [1.29, 1.82) is 0 Å². The van der Waals surface area contributed by atoms with Crippen molar-refractivity contribution in [3.05, 3.63) is 70.6 Å². The van der Waals surface area contributed by atoms with Crippen LogP contribution < -0.4 is 10.1 Å². The number of nitrogens with zero attached hydrogens (tertiary/aromatic N) is 3. The van der Waals surface area contributed by atoms with Crippen molar-refractivity contribution >= 4 is 34.3 Å². The molecule has 0 aliphatic carbocycles. The van der Waals surface area contributed by atoms with Crippen LogP contribution >= 0.6 is 11.6 Å². The molecule has 7 nitrogen and oxygen atoms in total. The zero-order chi connectivity index (χ0) is 23.5. The summed E-state index contributed by atoms with van der Waals surface area (Å²) in [6.07, 6.45) is 1.49. The fraction of sp³-hybridized carbons (Fsp3) is 0.240. The largest absolute Gasteiger partial charge is 0.493 e. The van der Waals surface area contributed by atoms with Crippen LogP contribution in [-0.4, -0.2) is 38.8 Å². The lowest BCUT2D eigenvalue weighted by atomic mass is 10.1. The van der Waals surface area contributed by atoms with E-state index in [2.05, 4.69) is 38.9 Å². The van der Waals surface area contributed by atoms with Crippen LogP contribution in [-0.2, 0) is 6.54 Å². The molecule has 4 aromatic rings. The first kappa shape index (κ1) is 22.6. The van der Waals surface area contributed by atoms with Crippen LogP contribution in [0.15, 0.2) is 48.8 Å². The molecule has 0 bridgehead atoms. The van der Waals surface area contributed by atoms with Gasteiger partial charge in [-0.15, -0.1) is 0 Å². The molecular weight excluding hydrogens is 440 g/mol. The summed E-state index contributed by atoms with van der Waals surface area (Å²) < 4.78 is 7.71. The average molecular weight is 465 g/mol. The number of rotatable bonds is 8. The molecule has 2 aromatic carbocycles. The molecule has 4 rings (SSSR count). The molecule has 0 aliphatic rings. The Kier molecular flexibility index (Phi) is 6.51. The summed E-state index contributed by atoms with van der Waals surface area (Å²) in [6.45, 7) is 7.67. The van der Waals surface area contributed by atoms with E-state index in [-0.39, 0.29) is 5.56 Å². The number of hydrogen-bond donors (Lipinski definition) is 2. The average Bonchev–Trinajstić information content (AvgIpc) is 3.09. The number of aromatic nitrogens is 3. The van der Waals surface area contributed by atoms with E-state index in [4.69, 9.17) is 16.3 Å². The predicted molar refractivity (Wildman–Crippen MR) is 131 cm³/mol. The first-order chi connectivity index (χ1) is 15.9. The minimum atomic E-state index is -1.03. The molecule has 2 heterocycles. The van der Waals surface area contributed by atoms with Crippen molar-refractivity contribution in [1.82, 2.24) is 14.5 Å². The third-order valence-electron chi connectivity index (χ3n) is 5.41. The number of aromatic carboxylic acids is 1. The van der Waals surface area contributed by atoms with Crippen molar-refractivity contribution < 1.29 is 14.6 Å². The van der Waals surface area contributed by atoms with Crippen molar-refractivity contribution in [2.24, 2.45) is 0 Å². The van der Waals surface area contributed by atoms with E-state index in [0.717, 1.165) is 39.3 Å². The van der Waals surface area contributed by atoms with Gasteiger partial charge in [0.15, 0.2) is 0 Å². The minimum absolute atomic E-state index is 0.121. The lowest BCUT2D eigenvalue weighted by Crippen LogP contribution is -2.12. The number of nitrogens with one attached hydrogen (secondary N) is 1. The number of aryl methyl sites for hydroxylation is 2. The van der Waals surface area contributed by atoms with Gasteiger partial charge in [-0.1, -0.05) is 17.7 Å². The van der Waals surface area contributed by atoms with Crippen molar-refractivity contribution in [2.45, 2.75) is 27.3 Å². The molecule has 2 aromatic heterocycles. The van der Waals surface area contributed by atoms with Gasteiger partial charge in [-0.2, -0.15) is 0 Å². The summed E-state index contributed by atoms with van der Waals surface area (Å²) in [5.74, 6) is -0.0350. The van der Waals surface area contributed by atoms with Crippen molar-refractivity contribution in [3.63, 3.8) is 0 Å². The van der Waals surface area contributed by atoms with Crippen LogP contribution in [0.3, 0.4) is 0 Å². The van der Waals surface area contributed by atoms with E-state index in [1.165, 1.54) is 12.4 Å². The lowest BCUT2D eigenvalue weighted by Gasteiger charge is -2.12. The van der Waals surface area contributed by atoms with Gasteiger partial charge < -0.3 is 19.7 Å². The number of fused-ring (bicyclic) bond motifs is 1. The molecule has 0 saturated heterocycles. The standard InChI is InChI=1S/C25H25ClN4O3/c1-4-33-22-12-17(5-6-19(22)25(31)32)21-13-23(29-14-28-21)27-7-8-30-16(3)11-18-9-15(2)10-20(26)24(18)30/h5-6,9-14H,4,7-8H2,1-3H3,(H,31,32)(H,27,28,29). The predicted octanol–water partition coefficient (Wildman–Crippen LogP) is 5.58. The van der Waals surface area contributed by atoms with Crippen LogP contribution in [0.25, 0.3) is 22.2 Å². The van der Waals surface area contributed by atoms with Crippen LogP contribution in [0, 0.1) is 13.8 Å². The Hall–Kier alpha value is -3.58. The fourth-order valence-electron chi connectivity index (χ4n) is 3.96. The Bertz CT molecular complexity index is 1330. The van der Waals surface area contributed by atoms with Gasteiger partial charge in [-0.3, -0.25) is 0 Å². The summed E-state index contributed by atoms with van der Waals surface area (Å²) in [6, 6.07) is 13.0. The molecule has 170 valence electrons. The summed E-state index contributed by atoms with van der Waals surface area (Å²) in [5, 5.41) is 14.6. The number of ether oxygens (including phenoxy) is 1. The summed E-state index contributed by atoms with van der Waals surface area (Å²) in [4.78, 5) is 20.1. The highest BCUT2D eigenvalue weighted by atomic mass is 35.5. The smallest absolute Gasteiger partial charge is 0.339 e. The number of carboxylic acids is 1. The number of benzene rings is 2. The molecule has 0 amide bonds. The van der Waals surface area contributed by atoms with E-state index in [0.29, 0.717) is 30.4 Å². The van der Waals surface area contributed by atoms with Crippen LogP contribution in [0.5, 0.6) is 5.75 Å². The van der Waals surface area contributed by atoms with Crippen molar-refractivity contribution in [3.8, 4) is 17.0 Å². The molecule has 8 heteroatoms. The first-order valence-corrected chi connectivity index (χ1v) is 11.1. The van der Waals surface area contributed by atoms with E-state index >= 15 is 0 Å². The molecule has 0 unspecified atom stereocenters.